The van der Waals surface area contributed by atoms with Gasteiger partial charge in [-0.05, 0) is 6.92 Å². The van der Waals surface area contributed by atoms with Crippen molar-refractivity contribution in [3.05, 3.63) is 98.8 Å². The number of nitrogens with one attached hydrogen (secondary N) is 6. The molecule has 0 saturated heterocycles. The van der Waals surface area contributed by atoms with E-state index < -0.39 is 34.1 Å². The van der Waals surface area contributed by atoms with Gasteiger partial charge in [-0.25, -0.2) is 28.8 Å². The summed E-state index contributed by atoms with van der Waals surface area (Å²) in [5.74, 6) is 0. The highest BCUT2D eigenvalue weighted by atomic mass is 16.2. The molecule has 12 nitrogen and oxygen atoms in total. The van der Waals surface area contributed by atoms with Gasteiger partial charge >= 0.3 is 34.1 Å². The fraction of sp³-hybridized carbons (Fsp3) is 0.0769. The number of hydrogen-bond donors (Lipinski definition) is 6. The Hall–Kier alpha value is -3.96. The van der Waals surface area contributed by atoms with Crippen LogP contribution in [0.3, 0.4) is 0 Å². The van der Waals surface area contributed by atoms with E-state index in [1.54, 1.807) is 29.9 Å². The normalized spacial score (nSPS) is 9.16. The third kappa shape index (κ3) is 8.29. The van der Waals surface area contributed by atoms with Crippen LogP contribution in [0.2, 0.25) is 0 Å². The fourth-order valence-corrected chi connectivity index (χ4v) is 1.34. The largest absolute Gasteiger partial charge is 0.330 e. The maximum Gasteiger partial charge on any atom is 0.330 e. The second-order valence-corrected chi connectivity index (χ2v) is 4.38. The molecular weight excluding hydrogens is 336 g/mol. The highest BCUT2D eigenvalue weighted by molar-refractivity contribution is 5.11. The van der Waals surface area contributed by atoms with E-state index in [-0.39, 0.29) is 0 Å². The van der Waals surface area contributed by atoms with Crippen LogP contribution in [0.5, 0.6) is 0 Å². The molecule has 0 radical (unpaired) electrons. The predicted molar refractivity (Wildman–Crippen MR) is 87.8 cm³/mol. The molecule has 0 aliphatic rings. The molecule has 0 aliphatic carbocycles. The first-order valence-electron chi connectivity index (χ1n) is 6.64. The Morgan fingerprint density at radius 3 is 0.880 bits per heavy atom. The van der Waals surface area contributed by atoms with Crippen LogP contribution < -0.4 is 34.1 Å². The summed E-state index contributed by atoms with van der Waals surface area (Å²) in [5, 5.41) is 0. The third-order valence-electron chi connectivity index (χ3n) is 2.30. The van der Waals surface area contributed by atoms with Gasteiger partial charge in [0.05, 0.1) is 0 Å². The number of benzene rings is 1. The number of aryl methyl sites for hydroxylation is 1. The summed E-state index contributed by atoms with van der Waals surface area (Å²) in [5.41, 5.74) is -3.49. The Morgan fingerprint density at radius 2 is 0.720 bits per heavy atom. The van der Waals surface area contributed by atoms with Gasteiger partial charge in [-0.1, -0.05) is 35.9 Å². The van der Waals surface area contributed by atoms with Crippen LogP contribution in [-0.4, -0.2) is 29.9 Å². The second kappa shape index (κ2) is 9.24. The maximum absolute atomic E-state index is 10.2. The molecule has 0 fully saturated rings. The van der Waals surface area contributed by atoms with Gasteiger partial charge in [0.2, 0.25) is 0 Å². The van der Waals surface area contributed by atoms with E-state index >= 15 is 0 Å². The number of aromatic nitrogens is 6. The van der Waals surface area contributed by atoms with Crippen LogP contribution in [0.1, 0.15) is 5.56 Å². The second-order valence-electron chi connectivity index (χ2n) is 4.38. The van der Waals surface area contributed by atoms with E-state index in [4.69, 9.17) is 0 Å². The smallest absolute Gasteiger partial charge is 0.259 e. The molecule has 1 aromatic carbocycles. The Labute approximate surface area is 136 Å². The summed E-state index contributed by atoms with van der Waals surface area (Å²) >= 11 is 0. The lowest BCUT2D eigenvalue weighted by molar-refractivity contribution is 0.887. The minimum absolute atomic E-state index is 0.802. The van der Waals surface area contributed by atoms with Crippen molar-refractivity contribution in [2.24, 2.45) is 0 Å². The zero-order valence-corrected chi connectivity index (χ0v) is 12.8. The molecule has 6 N–H and O–H groups in total. The van der Waals surface area contributed by atoms with E-state index in [0.717, 1.165) is 0 Å². The Kier molecular flexibility index (Phi) is 7.05. The molecule has 0 saturated carbocycles. The predicted octanol–water partition coefficient (Wildman–Crippen LogP) is -2.50. The van der Waals surface area contributed by atoms with E-state index in [2.05, 4.69) is 19.1 Å². The average Bonchev–Trinajstić information content (AvgIpc) is 2.46. The number of H-pyrrole nitrogens is 6. The third-order valence-corrected chi connectivity index (χ3v) is 2.30. The molecule has 12 heteroatoms. The summed E-state index contributed by atoms with van der Waals surface area (Å²) in [6.07, 6.45) is 0. The van der Waals surface area contributed by atoms with Crippen molar-refractivity contribution in [2.75, 3.05) is 0 Å². The SMILES string of the molecule is Cc1ccccc1.O=c1[nH]c(=O)[nH]c(=O)[nH]1.O=c1[nH]c(=O)[nH]c(=O)[nH]1. The van der Waals surface area contributed by atoms with Crippen molar-refractivity contribution < 1.29 is 0 Å². The van der Waals surface area contributed by atoms with E-state index in [1.165, 1.54) is 5.56 Å². The van der Waals surface area contributed by atoms with Gasteiger partial charge in [0.25, 0.3) is 0 Å². The zero-order chi connectivity index (χ0) is 18.8. The van der Waals surface area contributed by atoms with Gasteiger partial charge in [0.1, 0.15) is 0 Å². The van der Waals surface area contributed by atoms with Gasteiger partial charge in [0.15, 0.2) is 0 Å². The average molecular weight is 350 g/mol. The summed E-state index contributed by atoms with van der Waals surface area (Å²) < 4.78 is 0. The van der Waals surface area contributed by atoms with Gasteiger partial charge in [0, 0.05) is 0 Å². The molecule has 2 heterocycles. The van der Waals surface area contributed by atoms with Crippen LogP contribution in [-0.2, 0) is 0 Å². The quantitative estimate of drug-likeness (QED) is 0.259. The van der Waals surface area contributed by atoms with Crippen molar-refractivity contribution in [1.82, 2.24) is 29.9 Å². The molecule has 0 amide bonds. The topological polar surface area (TPSA) is 197 Å². The fourth-order valence-electron chi connectivity index (χ4n) is 1.34. The van der Waals surface area contributed by atoms with Crippen molar-refractivity contribution in [2.45, 2.75) is 6.92 Å². The highest BCUT2D eigenvalue weighted by Gasteiger charge is 1.85. The molecule has 0 spiro atoms. The number of aromatic amines is 6. The van der Waals surface area contributed by atoms with Crippen LogP contribution >= 0.6 is 0 Å². The Bertz CT molecular complexity index is 900. The van der Waals surface area contributed by atoms with Gasteiger partial charge in [-0.15, -0.1) is 0 Å². The minimum Gasteiger partial charge on any atom is -0.259 e. The van der Waals surface area contributed by atoms with Crippen LogP contribution in [0, 0.1) is 6.92 Å². The molecule has 0 unspecified atom stereocenters. The number of hydrogen-bond acceptors (Lipinski definition) is 6. The van der Waals surface area contributed by atoms with Crippen LogP contribution in [0.15, 0.2) is 59.1 Å². The zero-order valence-electron chi connectivity index (χ0n) is 12.8. The molecule has 0 aliphatic heterocycles. The molecule has 3 aromatic rings. The molecule has 3 rings (SSSR count). The summed E-state index contributed by atoms with van der Waals surface area (Å²) in [7, 11) is 0. The van der Waals surface area contributed by atoms with Crippen molar-refractivity contribution in [3.8, 4) is 0 Å². The molecule has 25 heavy (non-hydrogen) atoms. The highest BCUT2D eigenvalue weighted by Crippen LogP contribution is 1.92. The van der Waals surface area contributed by atoms with Crippen LogP contribution in [0.4, 0.5) is 0 Å². The standard InChI is InChI=1S/C7H8.2C3H3N3O3/c1-7-5-3-2-4-6-7;2*7-1-4-2(8)6-3(9)5-1/h2-6H,1H3;2*(H3,4,5,6,7,8,9). The van der Waals surface area contributed by atoms with E-state index in [0.29, 0.717) is 0 Å². The molecule has 2 aromatic heterocycles. The van der Waals surface area contributed by atoms with Crippen molar-refractivity contribution in [1.29, 1.82) is 0 Å². The van der Waals surface area contributed by atoms with E-state index in [9.17, 15) is 28.8 Å². The Morgan fingerprint density at radius 1 is 0.480 bits per heavy atom. The van der Waals surface area contributed by atoms with Crippen molar-refractivity contribution in [3.63, 3.8) is 0 Å². The first kappa shape index (κ1) is 19.1. The summed E-state index contributed by atoms with van der Waals surface area (Å²) in [4.78, 5) is 71.8. The van der Waals surface area contributed by atoms with Crippen LogP contribution in [0.25, 0.3) is 0 Å². The molecular formula is C13H14N6O6. The van der Waals surface area contributed by atoms with E-state index in [1.807, 2.05) is 18.2 Å². The summed E-state index contributed by atoms with van der Waals surface area (Å²) in [6, 6.07) is 10.3. The molecule has 0 bridgehead atoms. The van der Waals surface area contributed by atoms with Gasteiger partial charge in [-0.3, -0.25) is 29.9 Å². The monoisotopic (exact) mass is 350 g/mol. The molecule has 132 valence electrons. The van der Waals surface area contributed by atoms with Gasteiger partial charge in [-0.2, -0.15) is 0 Å². The first-order valence-corrected chi connectivity index (χ1v) is 6.64. The Balaban J connectivity index is 0.000000189. The first-order chi connectivity index (χ1) is 11.8. The number of rotatable bonds is 0. The van der Waals surface area contributed by atoms with Gasteiger partial charge < -0.3 is 0 Å². The van der Waals surface area contributed by atoms with Crippen molar-refractivity contribution >= 4 is 0 Å². The lowest BCUT2D eigenvalue weighted by Gasteiger charge is -1.82. The maximum atomic E-state index is 10.2. The lowest BCUT2D eigenvalue weighted by Crippen LogP contribution is -2.34. The molecule has 0 atom stereocenters. The summed E-state index contributed by atoms with van der Waals surface area (Å²) in [6.45, 7) is 2.08. The minimum atomic E-state index is -0.802. The lowest BCUT2D eigenvalue weighted by atomic mass is 10.2.